The second-order valence-electron chi connectivity index (χ2n) is 5.68. The van der Waals surface area contributed by atoms with Crippen LogP contribution in [-0.2, 0) is 0 Å². The average Bonchev–Trinajstić information content (AvgIpc) is 2.74. The highest BCUT2D eigenvalue weighted by Gasteiger charge is 2.20. The van der Waals surface area contributed by atoms with Crippen molar-refractivity contribution in [3.63, 3.8) is 0 Å². The highest BCUT2D eigenvalue weighted by Crippen LogP contribution is 2.25. The monoisotopic (exact) mass is 269 g/mol. The maximum Gasteiger partial charge on any atom is 0.261 e. The summed E-state index contributed by atoms with van der Waals surface area (Å²) in [4.78, 5) is 12.9. The maximum absolute atomic E-state index is 12.1. The Bertz CT molecular complexity index is 396. The van der Waals surface area contributed by atoms with E-state index >= 15 is 0 Å². The lowest BCUT2D eigenvalue weighted by Crippen LogP contribution is -2.34. The van der Waals surface area contributed by atoms with Gasteiger partial charge < -0.3 is 10.4 Å². The minimum Gasteiger partial charge on any atom is -0.396 e. The summed E-state index contributed by atoms with van der Waals surface area (Å²) in [6, 6.07) is 2.02. The van der Waals surface area contributed by atoms with Gasteiger partial charge in [0.1, 0.15) is 0 Å². The number of rotatable bonds is 6. The second kappa shape index (κ2) is 6.34. The van der Waals surface area contributed by atoms with Crippen LogP contribution in [0.3, 0.4) is 0 Å². The first-order valence-corrected chi connectivity index (χ1v) is 7.22. The molecule has 1 amide bonds. The van der Waals surface area contributed by atoms with Crippen LogP contribution in [0.1, 0.15) is 55.3 Å². The summed E-state index contributed by atoms with van der Waals surface area (Å²) in [5, 5.41) is 13.9. The van der Waals surface area contributed by atoms with Crippen molar-refractivity contribution >= 4 is 17.2 Å². The molecule has 18 heavy (non-hydrogen) atoms. The molecule has 0 radical (unpaired) electrons. The van der Waals surface area contributed by atoms with E-state index in [9.17, 15) is 4.79 Å². The SMILES string of the molecule is CC(C)c1ccsc1C(=O)NCC(C)(C)CCO. The lowest BCUT2D eigenvalue weighted by atomic mass is 9.89. The molecule has 3 nitrogen and oxygen atoms in total. The van der Waals surface area contributed by atoms with E-state index in [1.807, 2.05) is 25.3 Å². The lowest BCUT2D eigenvalue weighted by molar-refractivity contribution is 0.0931. The summed E-state index contributed by atoms with van der Waals surface area (Å²) in [5.41, 5.74) is 1.04. The molecule has 0 spiro atoms. The number of aliphatic hydroxyl groups is 1. The fraction of sp³-hybridized carbons (Fsp3) is 0.643. The Kier molecular flexibility index (Phi) is 5.35. The van der Waals surface area contributed by atoms with Crippen molar-refractivity contribution in [1.82, 2.24) is 5.32 Å². The summed E-state index contributed by atoms with van der Waals surface area (Å²) in [6.45, 7) is 9.01. The Morgan fingerprint density at radius 2 is 2.17 bits per heavy atom. The van der Waals surface area contributed by atoms with E-state index in [1.165, 1.54) is 11.3 Å². The quantitative estimate of drug-likeness (QED) is 0.834. The summed E-state index contributed by atoms with van der Waals surface area (Å²) in [7, 11) is 0. The van der Waals surface area contributed by atoms with E-state index in [0.29, 0.717) is 18.9 Å². The van der Waals surface area contributed by atoms with Gasteiger partial charge in [-0.2, -0.15) is 0 Å². The number of thiophene rings is 1. The van der Waals surface area contributed by atoms with E-state index in [4.69, 9.17) is 5.11 Å². The number of hydrogen-bond donors (Lipinski definition) is 2. The molecule has 0 aliphatic heterocycles. The third-order valence-corrected chi connectivity index (χ3v) is 3.97. The van der Waals surface area contributed by atoms with Crippen molar-refractivity contribution in [3.8, 4) is 0 Å². The van der Waals surface area contributed by atoms with Crippen LogP contribution in [0, 0.1) is 5.41 Å². The molecule has 1 aromatic rings. The zero-order chi connectivity index (χ0) is 13.8. The maximum atomic E-state index is 12.1. The standard InChI is InChI=1S/C14H23NO2S/c1-10(2)11-5-8-18-12(11)13(17)15-9-14(3,4)6-7-16/h5,8,10,16H,6-7,9H2,1-4H3,(H,15,17). The van der Waals surface area contributed by atoms with Crippen molar-refractivity contribution in [2.24, 2.45) is 5.41 Å². The third kappa shape index (κ3) is 4.10. The normalized spacial score (nSPS) is 11.9. The molecule has 0 saturated heterocycles. The smallest absolute Gasteiger partial charge is 0.261 e. The molecule has 0 fully saturated rings. The van der Waals surface area contributed by atoms with Gasteiger partial charge >= 0.3 is 0 Å². The highest BCUT2D eigenvalue weighted by molar-refractivity contribution is 7.12. The number of carbonyl (C=O) groups excluding carboxylic acids is 1. The Labute approximate surface area is 113 Å². The average molecular weight is 269 g/mol. The molecular formula is C14H23NO2S. The van der Waals surface area contributed by atoms with Crippen molar-refractivity contribution in [1.29, 1.82) is 0 Å². The van der Waals surface area contributed by atoms with Crippen LogP contribution < -0.4 is 5.32 Å². The zero-order valence-electron chi connectivity index (χ0n) is 11.6. The first kappa shape index (κ1) is 15.2. The first-order chi connectivity index (χ1) is 8.37. The van der Waals surface area contributed by atoms with Crippen LogP contribution in [0.4, 0.5) is 0 Å². The third-order valence-electron chi connectivity index (χ3n) is 3.04. The molecule has 4 heteroatoms. The summed E-state index contributed by atoms with van der Waals surface area (Å²) in [6.07, 6.45) is 0.689. The number of aliphatic hydroxyl groups excluding tert-OH is 1. The summed E-state index contributed by atoms with van der Waals surface area (Å²) >= 11 is 1.49. The highest BCUT2D eigenvalue weighted by atomic mass is 32.1. The van der Waals surface area contributed by atoms with Gasteiger partial charge in [0.25, 0.3) is 5.91 Å². The van der Waals surface area contributed by atoms with Gasteiger partial charge in [0, 0.05) is 13.2 Å². The molecule has 0 aliphatic rings. The van der Waals surface area contributed by atoms with Crippen molar-refractivity contribution < 1.29 is 9.90 Å². The van der Waals surface area contributed by atoms with Gasteiger partial charge in [-0.3, -0.25) is 4.79 Å². The minimum atomic E-state index is -0.0698. The van der Waals surface area contributed by atoms with Crippen molar-refractivity contribution in [2.45, 2.75) is 40.0 Å². The fourth-order valence-corrected chi connectivity index (χ4v) is 2.72. The number of nitrogens with one attached hydrogen (secondary N) is 1. The Morgan fingerprint density at radius 1 is 1.50 bits per heavy atom. The van der Waals surface area contributed by atoms with Crippen LogP contribution in [-0.4, -0.2) is 24.2 Å². The molecular weight excluding hydrogens is 246 g/mol. The summed E-state index contributed by atoms with van der Waals surface area (Å²) in [5.74, 6) is 0.363. The second-order valence-corrected chi connectivity index (χ2v) is 6.60. The molecule has 2 N–H and O–H groups in total. The van der Waals surface area contributed by atoms with Crippen LogP contribution >= 0.6 is 11.3 Å². The molecule has 0 aromatic carbocycles. The molecule has 1 rings (SSSR count). The number of carbonyl (C=O) groups is 1. The molecule has 0 aliphatic carbocycles. The predicted octanol–water partition coefficient (Wildman–Crippen LogP) is 3.01. The lowest BCUT2D eigenvalue weighted by Gasteiger charge is -2.23. The largest absolute Gasteiger partial charge is 0.396 e. The van der Waals surface area contributed by atoms with Gasteiger partial charge in [0.05, 0.1) is 4.88 Å². The van der Waals surface area contributed by atoms with Gasteiger partial charge in [-0.15, -0.1) is 11.3 Å². The molecule has 1 aromatic heterocycles. The molecule has 1 heterocycles. The number of amides is 1. The van der Waals surface area contributed by atoms with Gasteiger partial charge in [0.15, 0.2) is 0 Å². The Morgan fingerprint density at radius 3 is 2.72 bits per heavy atom. The fourth-order valence-electron chi connectivity index (χ4n) is 1.75. The van der Waals surface area contributed by atoms with E-state index in [0.717, 1.165) is 10.4 Å². The van der Waals surface area contributed by atoms with Crippen LogP contribution in [0.5, 0.6) is 0 Å². The molecule has 0 atom stereocenters. The topological polar surface area (TPSA) is 49.3 Å². The van der Waals surface area contributed by atoms with Crippen molar-refractivity contribution in [2.75, 3.05) is 13.2 Å². The Balaban J connectivity index is 2.63. The van der Waals surface area contributed by atoms with Crippen LogP contribution in [0.2, 0.25) is 0 Å². The first-order valence-electron chi connectivity index (χ1n) is 6.34. The molecule has 0 bridgehead atoms. The van der Waals surface area contributed by atoms with Gasteiger partial charge in [-0.1, -0.05) is 27.7 Å². The van der Waals surface area contributed by atoms with Gasteiger partial charge in [0.2, 0.25) is 0 Å². The van der Waals surface area contributed by atoms with E-state index in [-0.39, 0.29) is 17.9 Å². The van der Waals surface area contributed by atoms with E-state index < -0.39 is 0 Å². The van der Waals surface area contributed by atoms with Gasteiger partial charge in [-0.05, 0) is 34.8 Å². The van der Waals surface area contributed by atoms with Crippen molar-refractivity contribution in [3.05, 3.63) is 21.9 Å². The van der Waals surface area contributed by atoms with E-state index in [2.05, 4.69) is 19.2 Å². The van der Waals surface area contributed by atoms with Crippen LogP contribution in [0.25, 0.3) is 0 Å². The minimum absolute atomic E-state index is 0.000264. The molecule has 102 valence electrons. The zero-order valence-corrected chi connectivity index (χ0v) is 12.4. The van der Waals surface area contributed by atoms with Crippen LogP contribution in [0.15, 0.2) is 11.4 Å². The van der Waals surface area contributed by atoms with Gasteiger partial charge in [-0.25, -0.2) is 0 Å². The number of hydrogen-bond acceptors (Lipinski definition) is 3. The Hall–Kier alpha value is -0.870. The summed E-state index contributed by atoms with van der Waals surface area (Å²) < 4.78 is 0. The molecule has 0 unspecified atom stereocenters. The molecule has 0 saturated carbocycles. The predicted molar refractivity (Wildman–Crippen MR) is 76.2 cm³/mol. The van der Waals surface area contributed by atoms with E-state index in [1.54, 1.807) is 0 Å².